The lowest BCUT2D eigenvalue weighted by Crippen LogP contribution is -2.11. The maximum absolute atomic E-state index is 6.25. The molecule has 96 valence electrons. The predicted molar refractivity (Wildman–Crippen MR) is 85.6 cm³/mol. The lowest BCUT2D eigenvalue weighted by atomic mass is 10.1. The fraction of sp³-hybridized carbons (Fsp3) is 0.0714. The fourth-order valence-electron chi connectivity index (χ4n) is 1.79. The first-order chi connectivity index (χ1) is 9.24. The summed E-state index contributed by atoms with van der Waals surface area (Å²) in [6.07, 6.45) is 0. The molecule has 3 rings (SSSR count). The van der Waals surface area contributed by atoms with Crippen LogP contribution in [0.1, 0.15) is 16.6 Å². The molecule has 0 aliphatic rings. The summed E-state index contributed by atoms with van der Waals surface area (Å²) in [6.45, 7) is 0. The highest BCUT2D eigenvalue weighted by atomic mass is 79.9. The van der Waals surface area contributed by atoms with Crippen molar-refractivity contribution in [1.29, 1.82) is 0 Å². The number of thiophene rings is 1. The number of rotatable bonds is 3. The Labute approximate surface area is 128 Å². The molecule has 0 saturated carbocycles. The second kappa shape index (κ2) is 5.54. The van der Waals surface area contributed by atoms with Gasteiger partial charge in [-0.1, -0.05) is 30.3 Å². The van der Waals surface area contributed by atoms with Crippen molar-refractivity contribution in [1.82, 2.24) is 4.98 Å². The molecule has 1 aromatic carbocycles. The summed E-state index contributed by atoms with van der Waals surface area (Å²) in [5.74, 6) is 0. The number of hydrogen-bond acceptors (Lipinski definition) is 4. The van der Waals surface area contributed by atoms with E-state index in [0.717, 1.165) is 25.6 Å². The quantitative estimate of drug-likeness (QED) is 0.744. The Kier molecular flexibility index (Phi) is 3.79. The highest BCUT2D eigenvalue weighted by molar-refractivity contribution is 9.10. The maximum Gasteiger partial charge on any atom is 0.115 e. The zero-order valence-corrected chi connectivity index (χ0v) is 13.1. The van der Waals surface area contributed by atoms with Gasteiger partial charge in [-0.3, -0.25) is 0 Å². The molecule has 2 N–H and O–H groups in total. The Morgan fingerprint density at radius 1 is 1.11 bits per heavy atom. The molecule has 0 aliphatic heterocycles. The second-order valence-corrected chi connectivity index (χ2v) is 6.81. The van der Waals surface area contributed by atoms with Gasteiger partial charge in [0.1, 0.15) is 5.01 Å². The van der Waals surface area contributed by atoms with Gasteiger partial charge in [-0.2, -0.15) is 0 Å². The number of hydrogen-bond donors (Lipinski definition) is 1. The summed E-state index contributed by atoms with van der Waals surface area (Å²) in [4.78, 5) is 5.81. The van der Waals surface area contributed by atoms with Crippen LogP contribution in [-0.4, -0.2) is 4.98 Å². The molecule has 2 aromatic heterocycles. The first-order valence-electron chi connectivity index (χ1n) is 5.74. The Morgan fingerprint density at radius 2 is 1.89 bits per heavy atom. The summed E-state index contributed by atoms with van der Waals surface area (Å²) in [5.41, 5.74) is 8.35. The van der Waals surface area contributed by atoms with Crippen LogP contribution in [0.2, 0.25) is 0 Å². The molecule has 0 bridgehead atoms. The van der Waals surface area contributed by atoms with Gasteiger partial charge >= 0.3 is 0 Å². The van der Waals surface area contributed by atoms with Crippen molar-refractivity contribution in [3.63, 3.8) is 0 Å². The number of nitrogens with zero attached hydrogens (tertiary/aromatic N) is 1. The lowest BCUT2D eigenvalue weighted by molar-refractivity contribution is 0.859. The molecule has 0 radical (unpaired) electrons. The highest BCUT2D eigenvalue weighted by Crippen LogP contribution is 2.32. The van der Waals surface area contributed by atoms with Gasteiger partial charge < -0.3 is 5.73 Å². The third-order valence-corrected chi connectivity index (χ3v) is 5.41. The van der Waals surface area contributed by atoms with Crippen molar-refractivity contribution in [3.05, 3.63) is 62.2 Å². The van der Waals surface area contributed by atoms with Crippen molar-refractivity contribution in [2.75, 3.05) is 0 Å². The van der Waals surface area contributed by atoms with Crippen LogP contribution in [-0.2, 0) is 0 Å². The van der Waals surface area contributed by atoms with Crippen LogP contribution in [0.15, 0.2) is 51.6 Å². The van der Waals surface area contributed by atoms with Crippen molar-refractivity contribution >= 4 is 38.6 Å². The first kappa shape index (κ1) is 13.0. The molecule has 0 saturated heterocycles. The molecule has 0 amide bonds. The summed E-state index contributed by atoms with van der Waals surface area (Å²) in [5, 5.41) is 5.08. The number of aromatic nitrogens is 1. The van der Waals surface area contributed by atoms with E-state index in [1.54, 1.807) is 22.7 Å². The standard InChI is InChI=1S/C14H11BrN2S2/c15-10-6-12(18-7-10)11-8-19-14(17-11)13(16)9-4-2-1-3-5-9/h1-8,13H,16H2. The minimum Gasteiger partial charge on any atom is -0.318 e. The van der Waals surface area contributed by atoms with E-state index in [0.29, 0.717) is 0 Å². The highest BCUT2D eigenvalue weighted by Gasteiger charge is 2.14. The fourth-order valence-corrected chi connectivity index (χ4v) is 4.10. The van der Waals surface area contributed by atoms with E-state index >= 15 is 0 Å². The Bertz CT molecular complexity index is 676. The number of benzene rings is 1. The van der Waals surface area contributed by atoms with Gasteiger partial charge in [-0.15, -0.1) is 22.7 Å². The van der Waals surface area contributed by atoms with Crippen molar-refractivity contribution < 1.29 is 0 Å². The third kappa shape index (κ3) is 2.79. The topological polar surface area (TPSA) is 38.9 Å². The zero-order chi connectivity index (χ0) is 13.2. The van der Waals surface area contributed by atoms with Gasteiger partial charge in [-0.25, -0.2) is 4.98 Å². The van der Waals surface area contributed by atoms with Crippen LogP contribution in [0.4, 0.5) is 0 Å². The maximum atomic E-state index is 6.25. The molecule has 0 aliphatic carbocycles. The second-order valence-electron chi connectivity index (χ2n) is 4.09. The Balaban J connectivity index is 1.89. The molecular weight excluding hydrogens is 340 g/mol. The summed E-state index contributed by atoms with van der Waals surface area (Å²) >= 11 is 6.76. The van der Waals surface area contributed by atoms with Crippen LogP contribution in [0.5, 0.6) is 0 Å². The van der Waals surface area contributed by atoms with E-state index in [1.807, 2.05) is 30.3 Å². The van der Waals surface area contributed by atoms with E-state index in [2.05, 4.69) is 37.7 Å². The molecule has 1 atom stereocenters. The van der Waals surface area contributed by atoms with Gasteiger partial charge in [0, 0.05) is 15.2 Å². The van der Waals surface area contributed by atoms with E-state index in [4.69, 9.17) is 5.73 Å². The molecule has 2 heterocycles. The van der Waals surface area contributed by atoms with Crippen LogP contribution >= 0.6 is 38.6 Å². The van der Waals surface area contributed by atoms with E-state index in [-0.39, 0.29) is 6.04 Å². The molecular formula is C14H11BrN2S2. The van der Waals surface area contributed by atoms with Gasteiger partial charge in [0.25, 0.3) is 0 Å². The van der Waals surface area contributed by atoms with Gasteiger partial charge in [-0.05, 0) is 27.6 Å². The summed E-state index contributed by atoms with van der Waals surface area (Å²) in [6, 6.07) is 12.0. The molecule has 1 unspecified atom stereocenters. The van der Waals surface area contributed by atoms with Crippen LogP contribution in [0.3, 0.4) is 0 Å². The average Bonchev–Trinajstić information content (AvgIpc) is 3.07. The van der Waals surface area contributed by atoms with Crippen molar-refractivity contribution in [3.8, 4) is 10.6 Å². The van der Waals surface area contributed by atoms with E-state index in [1.165, 1.54) is 0 Å². The van der Waals surface area contributed by atoms with Crippen LogP contribution in [0, 0.1) is 0 Å². The van der Waals surface area contributed by atoms with Gasteiger partial charge in [0.15, 0.2) is 0 Å². The molecule has 5 heteroatoms. The average molecular weight is 351 g/mol. The molecule has 19 heavy (non-hydrogen) atoms. The Morgan fingerprint density at radius 3 is 2.58 bits per heavy atom. The van der Waals surface area contributed by atoms with Crippen molar-refractivity contribution in [2.45, 2.75) is 6.04 Å². The smallest absolute Gasteiger partial charge is 0.115 e. The molecule has 2 nitrogen and oxygen atoms in total. The molecule has 3 aromatic rings. The van der Waals surface area contributed by atoms with Crippen LogP contribution in [0.25, 0.3) is 10.6 Å². The predicted octanol–water partition coefficient (Wildman–Crippen LogP) is 4.68. The summed E-state index contributed by atoms with van der Waals surface area (Å²) in [7, 11) is 0. The SMILES string of the molecule is NC(c1ccccc1)c1nc(-c2cc(Br)cs2)cs1. The number of nitrogens with two attached hydrogens (primary N) is 1. The number of halogens is 1. The van der Waals surface area contributed by atoms with Gasteiger partial charge in [0.05, 0.1) is 16.6 Å². The molecule has 0 fully saturated rings. The monoisotopic (exact) mass is 350 g/mol. The number of thiazole rings is 1. The normalized spacial score (nSPS) is 12.5. The van der Waals surface area contributed by atoms with Crippen LogP contribution < -0.4 is 5.73 Å². The van der Waals surface area contributed by atoms with E-state index < -0.39 is 0 Å². The third-order valence-electron chi connectivity index (χ3n) is 2.77. The Hall–Kier alpha value is -1.01. The summed E-state index contributed by atoms with van der Waals surface area (Å²) < 4.78 is 1.09. The first-order valence-corrected chi connectivity index (χ1v) is 8.29. The minimum absolute atomic E-state index is 0.150. The van der Waals surface area contributed by atoms with Gasteiger partial charge in [0.2, 0.25) is 0 Å². The lowest BCUT2D eigenvalue weighted by Gasteiger charge is -2.07. The van der Waals surface area contributed by atoms with Crippen molar-refractivity contribution in [2.24, 2.45) is 5.73 Å². The zero-order valence-electron chi connectivity index (χ0n) is 9.92. The minimum atomic E-state index is -0.150. The largest absolute Gasteiger partial charge is 0.318 e. The van der Waals surface area contributed by atoms with E-state index in [9.17, 15) is 0 Å². The molecule has 0 spiro atoms.